The smallest absolute Gasteiger partial charge is 0.253 e. The Morgan fingerprint density at radius 3 is 2.35 bits per heavy atom. The third kappa shape index (κ3) is 4.85. The predicted molar refractivity (Wildman–Crippen MR) is 82.0 cm³/mol. The minimum absolute atomic E-state index is 0.0170. The summed E-state index contributed by atoms with van der Waals surface area (Å²) in [5.41, 5.74) is 6.23. The molecular weight excluding hydrogens is 252 g/mol. The van der Waals surface area contributed by atoms with Crippen LogP contribution in [0.15, 0.2) is 24.3 Å². The van der Waals surface area contributed by atoms with E-state index in [4.69, 9.17) is 10.5 Å². The van der Waals surface area contributed by atoms with Crippen molar-refractivity contribution in [3.63, 3.8) is 0 Å². The van der Waals surface area contributed by atoms with Crippen molar-refractivity contribution in [2.75, 3.05) is 20.2 Å². The number of hydrogen-bond acceptors (Lipinski definition) is 3. The molecule has 0 heterocycles. The number of amides is 1. The second-order valence-corrected chi connectivity index (χ2v) is 5.56. The third-order valence-corrected chi connectivity index (χ3v) is 3.39. The van der Waals surface area contributed by atoms with Crippen molar-refractivity contribution in [3.8, 4) is 5.75 Å². The van der Waals surface area contributed by atoms with E-state index in [2.05, 4.69) is 13.8 Å². The summed E-state index contributed by atoms with van der Waals surface area (Å²) >= 11 is 0. The highest BCUT2D eigenvalue weighted by molar-refractivity contribution is 5.94. The van der Waals surface area contributed by atoms with Gasteiger partial charge in [0.05, 0.1) is 6.61 Å². The molecule has 1 aromatic rings. The number of rotatable bonds is 7. The summed E-state index contributed by atoms with van der Waals surface area (Å²) < 4.78 is 5.64. The molecule has 0 bridgehead atoms. The third-order valence-electron chi connectivity index (χ3n) is 3.39. The molecule has 4 nitrogen and oxygen atoms in total. The Labute approximate surface area is 121 Å². The highest BCUT2D eigenvalue weighted by Crippen LogP contribution is 2.15. The van der Waals surface area contributed by atoms with Gasteiger partial charge in [0.1, 0.15) is 5.75 Å². The molecule has 20 heavy (non-hydrogen) atoms. The Hall–Kier alpha value is -1.55. The first-order valence-corrected chi connectivity index (χ1v) is 7.15. The van der Waals surface area contributed by atoms with Crippen LogP contribution < -0.4 is 10.5 Å². The second-order valence-electron chi connectivity index (χ2n) is 5.56. The van der Waals surface area contributed by atoms with Crippen molar-refractivity contribution in [2.45, 2.75) is 33.2 Å². The maximum absolute atomic E-state index is 12.2. The molecule has 0 fully saturated rings. The molecule has 0 spiro atoms. The van der Waals surface area contributed by atoms with Gasteiger partial charge in [-0.25, -0.2) is 0 Å². The van der Waals surface area contributed by atoms with Crippen LogP contribution in [0.3, 0.4) is 0 Å². The lowest BCUT2D eigenvalue weighted by molar-refractivity contribution is 0.0748. The van der Waals surface area contributed by atoms with Crippen LogP contribution in [0, 0.1) is 5.92 Å². The molecule has 1 unspecified atom stereocenters. The molecule has 0 aliphatic heterocycles. The van der Waals surface area contributed by atoms with Gasteiger partial charge in [-0.05, 0) is 43.5 Å². The monoisotopic (exact) mass is 278 g/mol. The average Bonchev–Trinajstić information content (AvgIpc) is 2.45. The topological polar surface area (TPSA) is 55.6 Å². The van der Waals surface area contributed by atoms with Crippen molar-refractivity contribution in [3.05, 3.63) is 29.8 Å². The highest BCUT2D eigenvalue weighted by atomic mass is 16.5. The van der Waals surface area contributed by atoms with Gasteiger partial charge in [-0.15, -0.1) is 0 Å². The molecule has 112 valence electrons. The van der Waals surface area contributed by atoms with Gasteiger partial charge >= 0.3 is 0 Å². The van der Waals surface area contributed by atoms with Crippen LogP contribution in [0.4, 0.5) is 0 Å². The van der Waals surface area contributed by atoms with Crippen molar-refractivity contribution in [2.24, 2.45) is 11.7 Å². The van der Waals surface area contributed by atoms with Crippen LogP contribution >= 0.6 is 0 Å². The lowest BCUT2D eigenvalue weighted by Gasteiger charge is -2.23. The van der Waals surface area contributed by atoms with Gasteiger partial charge in [0.15, 0.2) is 0 Å². The minimum Gasteiger partial charge on any atom is -0.494 e. The Kier molecular flexibility index (Phi) is 6.52. The van der Waals surface area contributed by atoms with Crippen LogP contribution in [-0.4, -0.2) is 37.0 Å². The number of nitrogens with two attached hydrogens (primary N) is 1. The fraction of sp³-hybridized carbons (Fsp3) is 0.562. The molecule has 0 aliphatic rings. The van der Waals surface area contributed by atoms with Gasteiger partial charge < -0.3 is 15.4 Å². The van der Waals surface area contributed by atoms with Crippen molar-refractivity contribution in [1.29, 1.82) is 0 Å². The fourth-order valence-corrected chi connectivity index (χ4v) is 1.67. The van der Waals surface area contributed by atoms with Crippen LogP contribution in [-0.2, 0) is 0 Å². The molecule has 0 saturated carbocycles. The van der Waals surface area contributed by atoms with Gasteiger partial charge in [-0.3, -0.25) is 4.79 Å². The van der Waals surface area contributed by atoms with E-state index in [0.717, 1.165) is 12.2 Å². The molecule has 1 rings (SSSR count). The summed E-state index contributed by atoms with van der Waals surface area (Å²) in [6.45, 7) is 7.42. The van der Waals surface area contributed by atoms with Crippen LogP contribution in [0.5, 0.6) is 5.75 Å². The van der Waals surface area contributed by atoms with Crippen molar-refractivity contribution >= 4 is 5.91 Å². The van der Waals surface area contributed by atoms with E-state index in [1.54, 1.807) is 24.1 Å². The number of ether oxygens (including phenoxy) is 1. The SMILES string of the molecule is CC(C)CCOc1ccc(C(=O)N(C)C(C)CN)cc1. The average molecular weight is 278 g/mol. The molecule has 4 heteroatoms. The maximum atomic E-state index is 12.2. The van der Waals surface area contributed by atoms with Gasteiger partial charge in [0, 0.05) is 25.2 Å². The summed E-state index contributed by atoms with van der Waals surface area (Å²) in [4.78, 5) is 13.9. The normalized spacial score (nSPS) is 12.3. The van der Waals surface area contributed by atoms with Gasteiger partial charge in [-0.2, -0.15) is 0 Å². The molecule has 0 radical (unpaired) electrons. The number of hydrogen-bond donors (Lipinski definition) is 1. The zero-order valence-electron chi connectivity index (χ0n) is 12.9. The van der Waals surface area contributed by atoms with E-state index in [9.17, 15) is 4.79 Å². The maximum Gasteiger partial charge on any atom is 0.253 e. The standard InChI is InChI=1S/C16H26N2O2/c1-12(2)9-10-20-15-7-5-14(6-8-15)16(19)18(4)13(3)11-17/h5-8,12-13H,9-11,17H2,1-4H3. The molecule has 0 aliphatic carbocycles. The van der Waals surface area contributed by atoms with E-state index in [1.165, 1.54) is 0 Å². The summed E-state index contributed by atoms with van der Waals surface area (Å²) in [5.74, 6) is 1.41. The summed E-state index contributed by atoms with van der Waals surface area (Å²) in [6.07, 6.45) is 1.03. The van der Waals surface area contributed by atoms with Crippen LogP contribution in [0.1, 0.15) is 37.6 Å². The second kappa shape index (κ2) is 7.90. The Morgan fingerprint density at radius 1 is 1.25 bits per heavy atom. The molecule has 1 amide bonds. The molecular formula is C16H26N2O2. The minimum atomic E-state index is -0.0170. The number of likely N-dealkylation sites (N-methyl/N-ethyl adjacent to an activating group) is 1. The molecule has 0 saturated heterocycles. The first kappa shape index (κ1) is 16.5. The molecule has 1 atom stereocenters. The summed E-state index contributed by atoms with van der Waals surface area (Å²) in [7, 11) is 1.77. The highest BCUT2D eigenvalue weighted by Gasteiger charge is 2.16. The first-order chi connectivity index (χ1) is 9.45. The lowest BCUT2D eigenvalue weighted by atomic mass is 10.1. The zero-order valence-corrected chi connectivity index (χ0v) is 12.9. The quantitative estimate of drug-likeness (QED) is 0.834. The largest absolute Gasteiger partial charge is 0.494 e. The van der Waals surface area contributed by atoms with Gasteiger partial charge in [0.2, 0.25) is 0 Å². The fourth-order valence-electron chi connectivity index (χ4n) is 1.67. The molecule has 1 aromatic carbocycles. The van der Waals surface area contributed by atoms with Crippen molar-refractivity contribution < 1.29 is 9.53 Å². The molecule has 0 aromatic heterocycles. The Morgan fingerprint density at radius 2 is 1.85 bits per heavy atom. The van der Waals surface area contributed by atoms with Gasteiger partial charge in [-0.1, -0.05) is 13.8 Å². The van der Waals surface area contributed by atoms with Crippen molar-refractivity contribution in [1.82, 2.24) is 4.90 Å². The molecule has 2 N–H and O–H groups in total. The van der Waals surface area contributed by atoms with Crippen LogP contribution in [0.25, 0.3) is 0 Å². The Balaban J connectivity index is 2.59. The van der Waals surface area contributed by atoms with Crippen LogP contribution in [0.2, 0.25) is 0 Å². The Bertz CT molecular complexity index is 415. The van der Waals surface area contributed by atoms with E-state index in [-0.39, 0.29) is 11.9 Å². The van der Waals surface area contributed by atoms with Gasteiger partial charge in [0.25, 0.3) is 5.91 Å². The summed E-state index contributed by atoms with van der Waals surface area (Å²) in [6, 6.07) is 7.31. The lowest BCUT2D eigenvalue weighted by Crippen LogP contribution is -2.39. The van der Waals surface area contributed by atoms with E-state index in [0.29, 0.717) is 24.6 Å². The number of nitrogens with zero attached hydrogens (tertiary/aromatic N) is 1. The number of carbonyl (C=O) groups excluding carboxylic acids is 1. The summed E-state index contributed by atoms with van der Waals surface area (Å²) in [5, 5.41) is 0. The zero-order chi connectivity index (χ0) is 15.1. The van der Waals surface area contributed by atoms with E-state index in [1.807, 2.05) is 19.1 Å². The first-order valence-electron chi connectivity index (χ1n) is 7.15. The number of benzene rings is 1. The number of carbonyl (C=O) groups is 1. The van der Waals surface area contributed by atoms with E-state index >= 15 is 0 Å². The van der Waals surface area contributed by atoms with E-state index < -0.39 is 0 Å². The predicted octanol–water partition coefficient (Wildman–Crippen LogP) is 2.53.